The molecule has 0 unspecified atom stereocenters. The summed E-state index contributed by atoms with van der Waals surface area (Å²) in [6.45, 7) is 0. The van der Waals surface area contributed by atoms with E-state index >= 15 is 0 Å². The first-order valence-electron chi connectivity index (χ1n) is 6.76. The average Bonchev–Trinajstić information content (AvgIpc) is 2.55. The molecule has 1 aromatic heterocycles. The van der Waals surface area contributed by atoms with E-state index in [1.807, 2.05) is 24.3 Å². The number of aliphatic hydroxyl groups is 1. The van der Waals surface area contributed by atoms with Gasteiger partial charge in [-0.05, 0) is 29.8 Å². The molecule has 3 rings (SSSR count). The lowest BCUT2D eigenvalue weighted by Gasteiger charge is -2.10. The summed E-state index contributed by atoms with van der Waals surface area (Å²) < 4.78 is 0. The Labute approximate surface area is 126 Å². The Morgan fingerprint density at radius 3 is 2.45 bits per heavy atom. The van der Waals surface area contributed by atoms with Crippen molar-refractivity contribution in [2.24, 2.45) is 0 Å². The van der Waals surface area contributed by atoms with E-state index in [0.717, 1.165) is 11.0 Å². The Kier molecular flexibility index (Phi) is 3.76. The number of nitrogens with zero attached hydrogens (tertiary/aromatic N) is 3. The number of rotatable bonds is 4. The molecular weight excluding hydrogens is 282 g/mol. The lowest BCUT2D eigenvalue weighted by Crippen LogP contribution is -2.04. The Hall–Kier alpha value is -2.86. The molecule has 2 aromatic carbocycles. The van der Waals surface area contributed by atoms with Crippen molar-refractivity contribution in [3.63, 3.8) is 0 Å². The van der Waals surface area contributed by atoms with Crippen LogP contribution in [-0.2, 0) is 6.42 Å². The number of aromatic nitrogens is 2. The van der Waals surface area contributed by atoms with Crippen molar-refractivity contribution in [1.29, 1.82) is 0 Å². The van der Waals surface area contributed by atoms with E-state index in [2.05, 4.69) is 9.97 Å². The second kappa shape index (κ2) is 5.87. The third-order valence-electron chi connectivity index (χ3n) is 3.39. The number of nitro benzene ring substituents is 1. The van der Waals surface area contributed by atoms with E-state index in [1.165, 1.54) is 12.1 Å². The Balaban J connectivity index is 1.79. The molecule has 0 aliphatic rings. The number of aliphatic hydroxyl groups excluding tert-OH is 1. The quantitative estimate of drug-likeness (QED) is 0.590. The highest BCUT2D eigenvalue weighted by Gasteiger charge is 2.12. The maximum absolute atomic E-state index is 10.6. The molecule has 22 heavy (non-hydrogen) atoms. The molecule has 1 atom stereocenters. The highest BCUT2D eigenvalue weighted by molar-refractivity contribution is 5.73. The smallest absolute Gasteiger partial charge is 0.269 e. The molecule has 0 saturated carbocycles. The molecule has 0 aliphatic carbocycles. The number of fused-ring (bicyclic) bond motifs is 1. The summed E-state index contributed by atoms with van der Waals surface area (Å²) in [4.78, 5) is 18.9. The van der Waals surface area contributed by atoms with E-state index in [0.29, 0.717) is 17.7 Å². The van der Waals surface area contributed by atoms with Crippen molar-refractivity contribution in [1.82, 2.24) is 9.97 Å². The third-order valence-corrected chi connectivity index (χ3v) is 3.39. The van der Waals surface area contributed by atoms with Gasteiger partial charge in [0.05, 0.1) is 27.8 Å². The van der Waals surface area contributed by atoms with Gasteiger partial charge in [0.25, 0.3) is 5.69 Å². The average molecular weight is 295 g/mol. The van der Waals surface area contributed by atoms with Gasteiger partial charge in [-0.25, -0.2) is 4.98 Å². The van der Waals surface area contributed by atoms with Crippen LogP contribution in [0.4, 0.5) is 5.69 Å². The second-order valence-electron chi connectivity index (χ2n) is 4.92. The van der Waals surface area contributed by atoms with E-state index in [1.54, 1.807) is 18.3 Å². The summed E-state index contributed by atoms with van der Waals surface area (Å²) in [6, 6.07) is 13.4. The second-order valence-corrected chi connectivity index (χ2v) is 4.92. The first kappa shape index (κ1) is 14.1. The zero-order valence-corrected chi connectivity index (χ0v) is 11.6. The van der Waals surface area contributed by atoms with Gasteiger partial charge in [0, 0.05) is 24.8 Å². The van der Waals surface area contributed by atoms with Crippen LogP contribution in [-0.4, -0.2) is 20.0 Å². The van der Waals surface area contributed by atoms with Gasteiger partial charge in [0.15, 0.2) is 0 Å². The maximum Gasteiger partial charge on any atom is 0.269 e. The Bertz CT molecular complexity index is 818. The molecule has 3 aromatic rings. The summed E-state index contributed by atoms with van der Waals surface area (Å²) in [5.41, 5.74) is 2.86. The van der Waals surface area contributed by atoms with Crippen LogP contribution in [0.25, 0.3) is 11.0 Å². The Morgan fingerprint density at radius 1 is 1.09 bits per heavy atom. The van der Waals surface area contributed by atoms with Crippen molar-refractivity contribution in [2.45, 2.75) is 12.5 Å². The fourth-order valence-electron chi connectivity index (χ4n) is 2.23. The van der Waals surface area contributed by atoms with Crippen molar-refractivity contribution in [3.8, 4) is 0 Å². The van der Waals surface area contributed by atoms with Gasteiger partial charge in [-0.1, -0.05) is 12.1 Å². The molecule has 0 aliphatic heterocycles. The zero-order valence-electron chi connectivity index (χ0n) is 11.6. The van der Waals surface area contributed by atoms with E-state index in [9.17, 15) is 15.2 Å². The molecule has 0 saturated heterocycles. The number of para-hydroxylation sites is 2. The summed E-state index contributed by atoms with van der Waals surface area (Å²) >= 11 is 0. The first-order valence-corrected chi connectivity index (χ1v) is 6.76. The lowest BCUT2D eigenvalue weighted by atomic mass is 10.0. The molecule has 0 radical (unpaired) electrons. The van der Waals surface area contributed by atoms with Gasteiger partial charge in [-0.2, -0.15) is 0 Å². The minimum absolute atomic E-state index is 0.00134. The van der Waals surface area contributed by atoms with Gasteiger partial charge in [-0.3, -0.25) is 15.1 Å². The minimum atomic E-state index is -0.781. The van der Waals surface area contributed by atoms with Crippen LogP contribution >= 0.6 is 0 Å². The summed E-state index contributed by atoms with van der Waals surface area (Å²) in [5.74, 6) is 0. The van der Waals surface area contributed by atoms with Crippen molar-refractivity contribution in [2.75, 3.05) is 0 Å². The third kappa shape index (κ3) is 2.91. The molecule has 1 heterocycles. The molecular formula is C16H13N3O3. The fraction of sp³-hybridized carbons (Fsp3) is 0.125. The summed E-state index contributed by atoms with van der Waals surface area (Å²) in [5, 5.41) is 20.9. The lowest BCUT2D eigenvalue weighted by molar-refractivity contribution is -0.384. The molecule has 1 N–H and O–H groups in total. The first-order chi connectivity index (χ1) is 10.6. The van der Waals surface area contributed by atoms with Crippen LogP contribution in [0, 0.1) is 10.1 Å². The van der Waals surface area contributed by atoms with Crippen molar-refractivity contribution in [3.05, 3.63) is 76.1 Å². The molecule has 6 nitrogen and oxygen atoms in total. The van der Waals surface area contributed by atoms with Gasteiger partial charge in [0.1, 0.15) is 0 Å². The maximum atomic E-state index is 10.6. The van der Waals surface area contributed by atoms with Gasteiger partial charge >= 0.3 is 0 Å². The fourth-order valence-corrected chi connectivity index (χ4v) is 2.23. The molecule has 6 heteroatoms. The predicted molar refractivity (Wildman–Crippen MR) is 81.3 cm³/mol. The topological polar surface area (TPSA) is 89.2 Å². The molecule has 0 fully saturated rings. The predicted octanol–water partition coefficient (Wildman–Crippen LogP) is 2.81. The summed E-state index contributed by atoms with van der Waals surface area (Å²) in [7, 11) is 0. The van der Waals surface area contributed by atoms with Crippen LogP contribution in [0.2, 0.25) is 0 Å². The number of hydrogen-bond donors (Lipinski definition) is 1. The van der Waals surface area contributed by atoms with Gasteiger partial charge in [0.2, 0.25) is 0 Å². The highest BCUT2D eigenvalue weighted by Crippen LogP contribution is 2.21. The van der Waals surface area contributed by atoms with E-state index in [4.69, 9.17) is 0 Å². The van der Waals surface area contributed by atoms with E-state index in [-0.39, 0.29) is 5.69 Å². The largest absolute Gasteiger partial charge is 0.388 e. The standard InChI is InChI=1S/C16H13N3O3/c20-16(11-5-7-13(8-6-11)19(21)22)9-12-10-17-14-3-1-2-4-15(14)18-12/h1-8,10,16,20H,9H2/t16-/m1/s1. The molecule has 0 amide bonds. The Morgan fingerprint density at radius 2 is 1.77 bits per heavy atom. The van der Waals surface area contributed by atoms with Crippen LogP contribution in [0.1, 0.15) is 17.4 Å². The number of benzene rings is 2. The molecule has 0 bridgehead atoms. The number of nitro groups is 1. The van der Waals surface area contributed by atoms with Crippen LogP contribution in [0.15, 0.2) is 54.7 Å². The number of hydrogen-bond acceptors (Lipinski definition) is 5. The van der Waals surface area contributed by atoms with Crippen LogP contribution in [0.3, 0.4) is 0 Å². The zero-order chi connectivity index (χ0) is 15.5. The van der Waals surface area contributed by atoms with Gasteiger partial charge < -0.3 is 5.11 Å². The van der Waals surface area contributed by atoms with Crippen LogP contribution < -0.4 is 0 Å². The van der Waals surface area contributed by atoms with Crippen molar-refractivity contribution < 1.29 is 10.0 Å². The minimum Gasteiger partial charge on any atom is -0.388 e. The monoisotopic (exact) mass is 295 g/mol. The molecule has 110 valence electrons. The van der Waals surface area contributed by atoms with Crippen molar-refractivity contribution >= 4 is 16.7 Å². The highest BCUT2D eigenvalue weighted by atomic mass is 16.6. The SMILES string of the molecule is O=[N+]([O-])c1ccc([C@H](O)Cc2cnc3ccccc3n2)cc1. The van der Waals surface area contributed by atoms with E-state index < -0.39 is 11.0 Å². The number of non-ortho nitro benzene ring substituents is 1. The van der Waals surface area contributed by atoms with Gasteiger partial charge in [-0.15, -0.1) is 0 Å². The van der Waals surface area contributed by atoms with Crippen LogP contribution in [0.5, 0.6) is 0 Å². The normalized spacial score (nSPS) is 12.2. The summed E-state index contributed by atoms with van der Waals surface area (Å²) in [6.07, 6.45) is 1.16. The molecule has 0 spiro atoms.